The highest BCUT2D eigenvalue weighted by atomic mass is 79.9. The second-order valence-electron chi connectivity index (χ2n) is 7.86. The lowest BCUT2D eigenvalue weighted by Gasteiger charge is -2.20. The van der Waals surface area contributed by atoms with Crippen LogP contribution in [0.5, 0.6) is 11.5 Å². The maximum atomic E-state index is 13.9. The Morgan fingerprint density at radius 1 is 1.03 bits per heavy atom. The quantitative estimate of drug-likeness (QED) is 0.451. The molecule has 0 amide bonds. The fourth-order valence-electron chi connectivity index (χ4n) is 4.06. The summed E-state index contributed by atoms with van der Waals surface area (Å²) in [4.78, 5) is 8.44. The van der Waals surface area contributed by atoms with E-state index in [9.17, 15) is 17.6 Å². The molecule has 5 rings (SSSR count). The largest absolute Gasteiger partial charge is 0.493 e. The summed E-state index contributed by atoms with van der Waals surface area (Å²) in [5, 5.41) is 3.42. The fraction of sp³-hybridized carbons (Fsp3) is 0.364. The van der Waals surface area contributed by atoms with Gasteiger partial charge in [0.05, 0.1) is 31.4 Å². The van der Waals surface area contributed by atoms with Crippen molar-refractivity contribution in [2.75, 3.05) is 25.6 Å². The van der Waals surface area contributed by atoms with Gasteiger partial charge >= 0.3 is 6.18 Å². The first-order valence-electron chi connectivity index (χ1n) is 10.2. The van der Waals surface area contributed by atoms with Crippen LogP contribution in [0.25, 0.3) is 10.9 Å². The molecule has 2 unspecified atom stereocenters. The number of methoxy groups -OCH3 is 1. The summed E-state index contributed by atoms with van der Waals surface area (Å²) in [6, 6.07) is 6.74. The van der Waals surface area contributed by atoms with Crippen LogP contribution >= 0.6 is 15.9 Å². The Bertz CT molecular complexity index is 1230. The van der Waals surface area contributed by atoms with Crippen LogP contribution in [0.2, 0.25) is 0 Å². The molecule has 1 aromatic heterocycles. The fourth-order valence-corrected chi connectivity index (χ4v) is 4.55. The molecule has 12 heteroatoms. The first kappa shape index (κ1) is 23.1. The number of benzene rings is 2. The van der Waals surface area contributed by atoms with Gasteiger partial charge in [-0.1, -0.05) is 15.9 Å². The first-order valence-corrected chi connectivity index (χ1v) is 11.0. The number of fused-ring (bicyclic) bond motifs is 2. The van der Waals surface area contributed by atoms with E-state index >= 15 is 0 Å². The molecule has 34 heavy (non-hydrogen) atoms. The van der Waals surface area contributed by atoms with Crippen LogP contribution in [-0.2, 0) is 15.7 Å². The van der Waals surface area contributed by atoms with Gasteiger partial charge in [0.25, 0.3) is 0 Å². The third-order valence-electron chi connectivity index (χ3n) is 5.63. The van der Waals surface area contributed by atoms with Crippen LogP contribution in [0.3, 0.4) is 0 Å². The topological polar surface area (TPSA) is 74.7 Å². The van der Waals surface area contributed by atoms with Crippen molar-refractivity contribution >= 4 is 38.3 Å². The van der Waals surface area contributed by atoms with Gasteiger partial charge < -0.3 is 24.3 Å². The normalized spacial score (nSPS) is 24.3. The zero-order valence-corrected chi connectivity index (χ0v) is 19.2. The van der Waals surface area contributed by atoms with Crippen molar-refractivity contribution < 1.29 is 36.5 Å². The van der Waals surface area contributed by atoms with Crippen molar-refractivity contribution in [1.82, 2.24) is 9.97 Å². The molecule has 1 N–H and O–H groups in total. The smallest absolute Gasteiger partial charge is 0.416 e. The number of anilines is 2. The maximum absolute atomic E-state index is 13.9. The number of aromatic nitrogens is 2. The van der Waals surface area contributed by atoms with E-state index in [-0.39, 0.29) is 29.2 Å². The molecular formula is C22H18BrF4N3O4. The molecule has 180 valence electrons. The molecule has 2 aliphatic heterocycles. The number of rotatable bonds is 5. The number of hydrogen-bond donors (Lipinski definition) is 1. The predicted molar refractivity (Wildman–Crippen MR) is 117 cm³/mol. The maximum Gasteiger partial charge on any atom is 0.416 e. The Hall–Kier alpha value is -2.70. The standard InChI is InChI=1S/C22H18BrF4N3O4/c1-31-16-5-13-15(6-17(16)34-18-8-33-19-14(24)7-32-20(18)19)28-9-29-21(13)30-12-3-10(22(25,26)27)2-11(23)4-12/h2-6,9,14,18-20H,7-8H2,1H3,(H,28,29,30)/t14-,18-,19?,20?/m1/s1. The molecule has 0 bridgehead atoms. The van der Waals surface area contributed by atoms with E-state index in [0.717, 1.165) is 12.1 Å². The second-order valence-corrected chi connectivity index (χ2v) is 8.78. The van der Waals surface area contributed by atoms with E-state index in [4.69, 9.17) is 18.9 Å². The van der Waals surface area contributed by atoms with Crippen LogP contribution < -0.4 is 14.8 Å². The number of nitrogens with one attached hydrogen (secondary N) is 1. The summed E-state index contributed by atoms with van der Waals surface area (Å²) in [7, 11) is 1.45. The summed E-state index contributed by atoms with van der Waals surface area (Å²) in [5.74, 6) is 0.972. The van der Waals surface area contributed by atoms with E-state index in [1.807, 2.05) is 0 Å². The van der Waals surface area contributed by atoms with Crippen molar-refractivity contribution in [3.8, 4) is 11.5 Å². The number of alkyl halides is 4. The van der Waals surface area contributed by atoms with Gasteiger partial charge in [-0.15, -0.1) is 0 Å². The van der Waals surface area contributed by atoms with Crippen LogP contribution in [0, 0.1) is 0 Å². The molecule has 2 aromatic carbocycles. The van der Waals surface area contributed by atoms with E-state index in [0.29, 0.717) is 22.4 Å². The minimum Gasteiger partial charge on any atom is -0.493 e. The highest BCUT2D eigenvalue weighted by Crippen LogP contribution is 2.39. The van der Waals surface area contributed by atoms with Crippen molar-refractivity contribution in [1.29, 1.82) is 0 Å². The van der Waals surface area contributed by atoms with Crippen molar-refractivity contribution in [3.63, 3.8) is 0 Å². The summed E-state index contributed by atoms with van der Waals surface area (Å²) >= 11 is 3.11. The Labute approximate surface area is 199 Å². The summed E-state index contributed by atoms with van der Waals surface area (Å²) in [6.45, 7) is 0.121. The lowest BCUT2D eigenvalue weighted by Crippen LogP contribution is -2.33. The molecule has 0 radical (unpaired) electrons. The van der Waals surface area contributed by atoms with Crippen LogP contribution in [0.1, 0.15) is 5.56 Å². The highest BCUT2D eigenvalue weighted by molar-refractivity contribution is 9.10. The third kappa shape index (κ3) is 4.37. The van der Waals surface area contributed by atoms with Gasteiger partial charge in [-0.05, 0) is 24.3 Å². The van der Waals surface area contributed by atoms with Gasteiger partial charge in [-0.2, -0.15) is 13.2 Å². The lowest BCUT2D eigenvalue weighted by atomic mass is 10.1. The minimum atomic E-state index is -4.50. The molecule has 3 heterocycles. The average molecular weight is 544 g/mol. The van der Waals surface area contributed by atoms with Gasteiger partial charge in [0.15, 0.2) is 23.8 Å². The van der Waals surface area contributed by atoms with Crippen molar-refractivity contribution in [2.45, 2.75) is 30.7 Å². The monoisotopic (exact) mass is 543 g/mol. The zero-order valence-electron chi connectivity index (χ0n) is 17.6. The van der Waals surface area contributed by atoms with E-state index in [1.165, 1.54) is 19.5 Å². The van der Waals surface area contributed by atoms with E-state index < -0.39 is 36.2 Å². The molecule has 7 nitrogen and oxygen atoms in total. The first-order chi connectivity index (χ1) is 16.2. The second kappa shape index (κ2) is 8.82. The van der Waals surface area contributed by atoms with Crippen LogP contribution in [0.15, 0.2) is 41.1 Å². The summed E-state index contributed by atoms with van der Waals surface area (Å²) in [5.41, 5.74) is -0.155. The Balaban J connectivity index is 1.46. The number of ether oxygens (including phenoxy) is 4. The molecule has 0 aliphatic carbocycles. The third-order valence-corrected chi connectivity index (χ3v) is 6.09. The summed E-state index contributed by atoms with van der Waals surface area (Å²) in [6.07, 6.45) is -6.14. The Morgan fingerprint density at radius 3 is 2.59 bits per heavy atom. The predicted octanol–water partition coefficient (Wildman–Crippen LogP) is 5.05. The van der Waals surface area contributed by atoms with Gasteiger partial charge in [0, 0.05) is 21.6 Å². The SMILES string of the molecule is COc1cc2c(Nc3cc(Br)cc(C(F)(F)F)c3)ncnc2cc1O[C@@H]1COC2C1OC[C@H]2F. The number of nitrogens with zero attached hydrogens (tertiary/aromatic N) is 2. The number of halogens is 5. The minimum absolute atomic E-state index is 0.0437. The molecule has 3 aromatic rings. The van der Waals surface area contributed by atoms with E-state index in [1.54, 1.807) is 12.1 Å². The molecule has 4 atom stereocenters. The molecule has 0 spiro atoms. The van der Waals surface area contributed by atoms with Crippen LogP contribution in [-0.4, -0.2) is 54.8 Å². The van der Waals surface area contributed by atoms with Crippen molar-refractivity contribution in [2.24, 2.45) is 0 Å². The zero-order chi connectivity index (χ0) is 24.0. The Morgan fingerprint density at radius 2 is 1.82 bits per heavy atom. The molecular weight excluding hydrogens is 526 g/mol. The van der Waals surface area contributed by atoms with Gasteiger partial charge in [0.1, 0.15) is 24.4 Å². The number of hydrogen-bond acceptors (Lipinski definition) is 7. The summed E-state index contributed by atoms with van der Waals surface area (Å²) < 4.78 is 76.2. The van der Waals surface area contributed by atoms with Gasteiger partial charge in [0.2, 0.25) is 0 Å². The molecule has 0 saturated carbocycles. The van der Waals surface area contributed by atoms with Gasteiger partial charge in [-0.3, -0.25) is 0 Å². The Kier molecular flexibility index (Phi) is 5.98. The van der Waals surface area contributed by atoms with E-state index in [2.05, 4.69) is 31.2 Å². The highest BCUT2D eigenvalue weighted by Gasteiger charge is 2.49. The molecule has 2 aliphatic rings. The van der Waals surface area contributed by atoms with Crippen LogP contribution in [0.4, 0.5) is 29.1 Å². The average Bonchev–Trinajstić information content (AvgIpc) is 3.35. The molecule has 2 fully saturated rings. The lowest BCUT2D eigenvalue weighted by molar-refractivity contribution is -0.137. The molecule has 2 saturated heterocycles. The van der Waals surface area contributed by atoms with Crippen molar-refractivity contribution in [3.05, 3.63) is 46.7 Å². The van der Waals surface area contributed by atoms with Gasteiger partial charge in [-0.25, -0.2) is 14.4 Å².